The van der Waals surface area contributed by atoms with Gasteiger partial charge in [0.05, 0.1) is 16.1 Å². The van der Waals surface area contributed by atoms with Crippen LogP contribution in [0.15, 0.2) is 48.5 Å². The minimum Gasteiger partial charge on any atom is -0.304 e. The molecule has 2 aromatic carbocycles. The van der Waals surface area contributed by atoms with Gasteiger partial charge in [-0.15, -0.1) is 0 Å². The van der Waals surface area contributed by atoms with Crippen molar-refractivity contribution in [1.29, 1.82) is 0 Å². The Hall–Kier alpha value is -2.46. The van der Waals surface area contributed by atoms with Gasteiger partial charge in [-0.3, -0.25) is 0 Å². The van der Waals surface area contributed by atoms with Crippen molar-refractivity contribution in [3.63, 3.8) is 0 Å². The number of aromatic nitrogens is 4. The highest BCUT2D eigenvalue weighted by molar-refractivity contribution is 6.33. The second-order valence-electron chi connectivity index (χ2n) is 6.58. The van der Waals surface area contributed by atoms with Crippen LogP contribution in [-0.4, -0.2) is 19.5 Å². The second-order valence-corrected chi connectivity index (χ2v) is 6.99. The third-order valence-corrected chi connectivity index (χ3v) is 5.34. The zero-order valence-corrected chi connectivity index (χ0v) is 14.4. The molecule has 2 heterocycles. The molecular formula is C20H17ClN4. The van der Waals surface area contributed by atoms with Crippen LogP contribution in [-0.2, 0) is 0 Å². The Kier molecular flexibility index (Phi) is 3.45. The van der Waals surface area contributed by atoms with Crippen LogP contribution in [0, 0.1) is 0 Å². The third kappa shape index (κ3) is 2.40. The minimum absolute atomic E-state index is 0.409. The quantitative estimate of drug-likeness (QED) is 0.486. The van der Waals surface area contributed by atoms with E-state index in [1.165, 1.54) is 12.8 Å². The lowest BCUT2D eigenvalue weighted by Crippen LogP contribution is -2.08. The summed E-state index contributed by atoms with van der Waals surface area (Å²) in [5.41, 5.74) is 4.28. The highest BCUT2D eigenvalue weighted by atomic mass is 35.5. The standard InChI is InChI=1S/C20H17ClN4/c21-15-10-4-3-9-14(15)19-24-18-20(25(19)13-7-1-2-8-13)23-17-12-6-5-11-16(17)22-18/h3-6,9-13H,1-2,7-8H2. The number of rotatable bonds is 2. The van der Waals surface area contributed by atoms with E-state index < -0.39 is 0 Å². The van der Waals surface area contributed by atoms with Gasteiger partial charge < -0.3 is 4.57 Å². The van der Waals surface area contributed by atoms with Crippen LogP contribution < -0.4 is 0 Å². The fourth-order valence-corrected chi connectivity index (χ4v) is 4.03. The van der Waals surface area contributed by atoms with Gasteiger partial charge in [0.25, 0.3) is 0 Å². The molecule has 0 atom stereocenters. The Morgan fingerprint density at radius 1 is 0.840 bits per heavy atom. The number of halogens is 1. The fourth-order valence-electron chi connectivity index (χ4n) is 3.81. The molecule has 4 aromatic rings. The van der Waals surface area contributed by atoms with Gasteiger partial charge in [-0.2, -0.15) is 0 Å². The maximum absolute atomic E-state index is 6.48. The smallest absolute Gasteiger partial charge is 0.198 e. The molecule has 0 bridgehead atoms. The summed E-state index contributed by atoms with van der Waals surface area (Å²) in [6.45, 7) is 0. The van der Waals surface area contributed by atoms with E-state index >= 15 is 0 Å². The van der Waals surface area contributed by atoms with Crippen LogP contribution in [0.25, 0.3) is 33.7 Å². The van der Waals surface area contributed by atoms with E-state index in [1.54, 1.807) is 0 Å². The normalized spacial score (nSPS) is 15.4. The highest BCUT2D eigenvalue weighted by Crippen LogP contribution is 2.38. The molecule has 0 radical (unpaired) electrons. The number of para-hydroxylation sites is 2. The van der Waals surface area contributed by atoms with Gasteiger partial charge in [0.2, 0.25) is 0 Å². The van der Waals surface area contributed by atoms with Crippen molar-refractivity contribution in [2.24, 2.45) is 0 Å². The van der Waals surface area contributed by atoms with Crippen molar-refractivity contribution in [1.82, 2.24) is 19.5 Å². The summed E-state index contributed by atoms with van der Waals surface area (Å²) in [4.78, 5) is 14.5. The van der Waals surface area contributed by atoms with Gasteiger partial charge in [0.15, 0.2) is 11.3 Å². The van der Waals surface area contributed by atoms with E-state index in [2.05, 4.69) is 4.57 Å². The molecule has 5 heteroatoms. The average molecular weight is 349 g/mol. The third-order valence-electron chi connectivity index (χ3n) is 5.01. The van der Waals surface area contributed by atoms with Crippen molar-refractivity contribution >= 4 is 33.9 Å². The van der Waals surface area contributed by atoms with Gasteiger partial charge in [-0.05, 0) is 37.1 Å². The summed E-state index contributed by atoms with van der Waals surface area (Å²) < 4.78 is 2.27. The Labute approximate surface area is 150 Å². The van der Waals surface area contributed by atoms with Crippen LogP contribution in [0.1, 0.15) is 31.7 Å². The average Bonchev–Trinajstić information content (AvgIpc) is 3.27. The number of imidazole rings is 1. The van der Waals surface area contributed by atoms with Crippen molar-refractivity contribution in [3.05, 3.63) is 53.6 Å². The molecule has 4 nitrogen and oxygen atoms in total. The Morgan fingerprint density at radius 2 is 1.52 bits per heavy atom. The van der Waals surface area contributed by atoms with Crippen molar-refractivity contribution in [2.75, 3.05) is 0 Å². The molecule has 0 N–H and O–H groups in total. The molecule has 1 aliphatic rings. The van der Waals surface area contributed by atoms with Crippen LogP contribution in [0.4, 0.5) is 0 Å². The molecule has 0 amide bonds. The summed E-state index contributed by atoms with van der Waals surface area (Å²) in [5, 5.41) is 0.710. The van der Waals surface area contributed by atoms with Gasteiger partial charge in [-0.25, -0.2) is 15.0 Å². The zero-order chi connectivity index (χ0) is 16.8. The molecular weight excluding hydrogens is 332 g/mol. The first kappa shape index (κ1) is 14.8. The fraction of sp³-hybridized carbons (Fsp3) is 0.250. The lowest BCUT2D eigenvalue weighted by atomic mass is 10.2. The van der Waals surface area contributed by atoms with Crippen LogP contribution in [0.5, 0.6) is 0 Å². The molecule has 0 spiro atoms. The van der Waals surface area contributed by atoms with E-state index in [0.717, 1.165) is 40.9 Å². The van der Waals surface area contributed by atoms with Gasteiger partial charge in [0.1, 0.15) is 5.82 Å². The molecule has 0 unspecified atom stereocenters. The van der Waals surface area contributed by atoms with Crippen molar-refractivity contribution in [3.8, 4) is 11.4 Å². The van der Waals surface area contributed by atoms with Crippen LogP contribution in [0.2, 0.25) is 5.02 Å². The van der Waals surface area contributed by atoms with Crippen LogP contribution in [0.3, 0.4) is 0 Å². The molecule has 5 rings (SSSR count). The molecule has 0 saturated heterocycles. The molecule has 25 heavy (non-hydrogen) atoms. The van der Waals surface area contributed by atoms with E-state index in [9.17, 15) is 0 Å². The Balaban J connectivity index is 1.85. The molecule has 0 aliphatic heterocycles. The number of hydrogen-bond acceptors (Lipinski definition) is 3. The maximum Gasteiger partial charge on any atom is 0.198 e. The van der Waals surface area contributed by atoms with Gasteiger partial charge in [-0.1, -0.05) is 48.7 Å². The van der Waals surface area contributed by atoms with Gasteiger partial charge in [0, 0.05) is 11.6 Å². The first-order valence-electron chi connectivity index (χ1n) is 8.71. The molecule has 1 fully saturated rings. The molecule has 1 saturated carbocycles. The number of nitrogens with zero attached hydrogens (tertiary/aromatic N) is 4. The number of fused-ring (bicyclic) bond motifs is 2. The predicted molar refractivity (Wildman–Crippen MR) is 101 cm³/mol. The predicted octanol–water partition coefficient (Wildman–Crippen LogP) is 5.42. The summed E-state index contributed by atoms with van der Waals surface area (Å²) >= 11 is 6.48. The summed E-state index contributed by atoms with van der Waals surface area (Å²) in [5.74, 6) is 0.878. The van der Waals surface area contributed by atoms with Crippen LogP contribution >= 0.6 is 11.6 Å². The summed E-state index contributed by atoms with van der Waals surface area (Å²) in [7, 11) is 0. The number of hydrogen-bond donors (Lipinski definition) is 0. The highest BCUT2D eigenvalue weighted by Gasteiger charge is 2.25. The molecule has 124 valence electrons. The molecule has 1 aliphatic carbocycles. The van der Waals surface area contributed by atoms with E-state index in [4.69, 9.17) is 26.6 Å². The number of benzene rings is 2. The monoisotopic (exact) mass is 348 g/mol. The minimum atomic E-state index is 0.409. The topological polar surface area (TPSA) is 43.6 Å². The van der Waals surface area contributed by atoms with E-state index in [0.29, 0.717) is 16.7 Å². The lowest BCUT2D eigenvalue weighted by molar-refractivity contribution is 0.534. The lowest BCUT2D eigenvalue weighted by Gasteiger charge is -2.16. The van der Waals surface area contributed by atoms with Gasteiger partial charge >= 0.3 is 0 Å². The Bertz CT molecular complexity index is 1080. The zero-order valence-electron chi connectivity index (χ0n) is 13.7. The first-order chi connectivity index (χ1) is 12.3. The second kappa shape index (κ2) is 5.81. The largest absolute Gasteiger partial charge is 0.304 e. The summed E-state index contributed by atoms with van der Waals surface area (Å²) in [6.07, 6.45) is 4.79. The van der Waals surface area contributed by atoms with E-state index in [-0.39, 0.29) is 0 Å². The molecule has 2 aromatic heterocycles. The SMILES string of the molecule is Clc1ccccc1-c1nc2nc3ccccc3nc2n1C1CCCC1. The first-order valence-corrected chi connectivity index (χ1v) is 9.09. The summed E-state index contributed by atoms with van der Waals surface area (Å²) in [6, 6.07) is 16.2. The van der Waals surface area contributed by atoms with Crippen molar-refractivity contribution < 1.29 is 0 Å². The maximum atomic E-state index is 6.48. The Morgan fingerprint density at radius 3 is 2.28 bits per heavy atom. The van der Waals surface area contributed by atoms with E-state index in [1.807, 2.05) is 48.5 Å². The van der Waals surface area contributed by atoms with Crippen molar-refractivity contribution in [2.45, 2.75) is 31.7 Å².